The number of fused-ring (bicyclic) bond motifs is 1. The molecule has 1 aliphatic rings. The summed E-state index contributed by atoms with van der Waals surface area (Å²) < 4.78 is 5.48. The highest BCUT2D eigenvalue weighted by Crippen LogP contribution is 2.21. The van der Waals surface area contributed by atoms with Gasteiger partial charge in [-0.05, 0) is 25.0 Å². The van der Waals surface area contributed by atoms with Crippen molar-refractivity contribution in [3.05, 3.63) is 36.1 Å². The minimum atomic E-state index is -0.155. The predicted molar refractivity (Wildman–Crippen MR) is 64.7 cm³/mol. The van der Waals surface area contributed by atoms with Crippen LogP contribution in [0.4, 0.5) is 0 Å². The summed E-state index contributed by atoms with van der Waals surface area (Å²) in [4.78, 5) is 11.9. The smallest absolute Gasteiger partial charge is 0.287 e. The van der Waals surface area contributed by atoms with Gasteiger partial charge >= 0.3 is 0 Å². The van der Waals surface area contributed by atoms with Crippen molar-refractivity contribution in [2.75, 3.05) is 0 Å². The highest BCUT2D eigenvalue weighted by molar-refractivity contribution is 5.96. The molecule has 1 aromatic heterocycles. The van der Waals surface area contributed by atoms with Gasteiger partial charge in [0.2, 0.25) is 0 Å². The molecule has 0 saturated heterocycles. The molecule has 1 amide bonds. The third kappa shape index (κ3) is 1.91. The number of para-hydroxylation sites is 1. The molecule has 0 radical (unpaired) electrons. The third-order valence-electron chi connectivity index (χ3n) is 3.16. The van der Waals surface area contributed by atoms with Crippen molar-refractivity contribution in [1.82, 2.24) is 5.32 Å². The molecule has 0 unspecified atom stereocenters. The van der Waals surface area contributed by atoms with Crippen LogP contribution in [0.1, 0.15) is 23.4 Å². The number of benzene rings is 1. The van der Waals surface area contributed by atoms with E-state index in [0.717, 1.165) is 23.8 Å². The fourth-order valence-electron chi connectivity index (χ4n) is 2.13. The number of amides is 1. The molecule has 1 fully saturated rings. The summed E-state index contributed by atoms with van der Waals surface area (Å²) in [5.74, 6) is 0.213. The second kappa shape index (κ2) is 3.89. The molecule has 1 aliphatic carbocycles. The van der Waals surface area contributed by atoms with Gasteiger partial charge in [0, 0.05) is 17.5 Å². The summed E-state index contributed by atoms with van der Waals surface area (Å²) >= 11 is 0. The Hall–Kier alpha value is -1.81. The zero-order valence-corrected chi connectivity index (χ0v) is 9.35. The van der Waals surface area contributed by atoms with Crippen molar-refractivity contribution in [2.45, 2.75) is 24.9 Å². The van der Waals surface area contributed by atoms with Crippen molar-refractivity contribution in [3.63, 3.8) is 0 Å². The standard InChI is InChI=1S/C13H14N2O2/c14-9-6-10(7-9)15-13(16)12-5-8-3-1-2-4-11(8)17-12/h1-5,9-10H,6-7,14H2,(H,15,16). The topological polar surface area (TPSA) is 68.3 Å². The third-order valence-corrected chi connectivity index (χ3v) is 3.16. The van der Waals surface area contributed by atoms with E-state index < -0.39 is 0 Å². The fraction of sp³-hybridized carbons (Fsp3) is 0.308. The summed E-state index contributed by atoms with van der Waals surface area (Å²) in [6, 6.07) is 9.79. The first-order valence-corrected chi connectivity index (χ1v) is 5.77. The Morgan fingerprint density at radius 2 is 2.12 bits per heavy atom. The minimum absolute atomic E-state index is 0.155. The van der Waals surface area contributed by atoms with E-state index in [-0.39, 0.29) is 18.0 Å². The highest BCUT2D eigenvalue weighted by Gasteiger charge is 2.28. The van der Waals surface area contributed by atoms with E-state index in [4.69, 9.17) is 10.2 Å². The van der Waals surface area contributed by atoms with E-state index in [1.165, 1.54) is 0 Å². The second-order valence-electron chi connectivity index (χ2n) is 4.55. The number of carbonyl (C=O) groups is 1. The molecule has 3 N–H and O–H groups in total. The molecule has 2 aromatic rings. The van der Waals surface area contributed by atoms with Gasteiger partial charge in [-0.1, -0.05) is 18.2 Å². The Morgan fingerprint density at radius 1 is 1.35 bits per heavy atom. The van der Waals surface area contributed by atoms with E-state index in [0.29, 0.717) is 5.76 Å². The number of hydrogen-bond acceptors (Lipinski definition) is 3. The fourth-order valence-corrected chi connectivity index (χ4v) is 2.13. The quantitative estimate of drug-likeness (QED) is 0.824. The molecular formula is C13H14N2O2. The van der Waals surface area contributed by atoms with Gasteiger partial charge in [-0.25, -0.2) is 0 Å². The van der Waals surface area contributed by atoms with Crippen molar-refractivity contribution >= 4 is 16.9 Å². The molecule has 1 aromatic carbocycles. The van der Waals surface area contributed by atoms with Gasteiger partial charge in [0.05, 0.1) is 0 Å². The van der Waals surface area contributed by atoms with Crippen LogP contribution in [0.15, 0.2) is 34.7 Å². The first kappa shape index (κ1) is 10.4. The Balaban J connectivity index is 1.76. The zero-order valence-electron chi connectivity index (χ0n) is 9.35. The minimum Gasteiger partial charge on any atom is -0.451 e. The molecule has 0 spiro atoms. The van der Waals surface area contributed by atoms with E-state index >= 15 is 0 Å². The van der Waals surface area contributed by atoms with Crippen LogP contribution in [0, 0.1) is 0 Å². The molecular weight excluding hydrogens is 216 g/mol. The molecule has 1 saturated carbocycles. The maximum absolute atomic E-state index is 11.9. The van der Waals surface area contributed by atoms with Gasteiger partial charge < -0.3 is 15.5 Å². The second-order valence-corrected chi connectivity index (χ2v) is 4.55. The lowest BCUT2D eigenvalue weighted by molar-refractivity contribution is 0.0884. The average molecular weight is 230 g/mol. The lowest BCUT2D eigenvalue weighted by Crippen LogP contribution is -2.50. The molecule has 0 bridgehead atoms. The van der Waals surface area contributed by atoms with Crippen molar-refractivity contribution in [3.8, 4) is 0 Å². The van der Waals surface area contributed by atoms with Crippen LogP contribution in [-0.2, 0) is 0 Å². The van der Waals surface area contributed by atoms with Crippen LogP contribution in [0.3, 0.4) is 0 Å². The molecule has 4 heteroatoms. The largest absolute Gasteiger partial charge is 0.451 e. The molecule has 1 heterocycles. The van der Waals surface area contributed by atoms with Gasteiger partial charge in [-0.15, -0.1) is 0 Å². The Labute approximate surface area is 98.8 Å². The van der Waals surface area contributed by atoms with Crippen LogP contribution in [0.25, 0.3) is 11.0 Å². The van der Waals surface area contributed by atoms with Crippen LogP contribution < -0.4 is 11.1 Å². The van der Waals surface area contributed by atoms with Gasteiger partial charge in [0.15, 0.2) is 5.76 Å². The average Bonchev–Trinajstić information content (AvgIpc) is 2.70. The molecule has 17 heavy (non-hydrogen) atoms. The van der Waals surface area contributed by atoms with Gasteiger partial charge in [-0.3, -0.25) is 4.79 Å². The van der Waals surface area contributed by atoms with Crippen molar-refractivity contribution in [2.24, 2.45) is 5.73 Å². The monoisotopic (exact) mass is 230 g/mol. The number of nitrogens with one attached hydrogen (secondary N) is 1. The number of furan rings is 1. The van der Waals surface area contributed by atoms with Crippen LogP contribution in [0.2, 0.25) is 0 Å². The Morgan fingerprint density at radius 3 is 2.82 bits per heavy atom. The summed E-state index contributed by atoms with van der Waals surface area (Å²) in [5.41, 5.74) is 6.41. The van der Waals surface area contributed by atoms with Gasteiger partial charge in [-0.2, -0.15) is 0 Å². The number of nitrogens with two attached hydrogens (primary N) is 1. The Bertz CT molecular complexity index is 522. The van der Waals surface area contributed by atoms with Crippen LogP contribution in [0.5, 0.6) is 0 Å². The molecule has 0 atom stereocenters. The summed E-state index contributed by atoms with van der Waals surface area (Å²) in [6.45, 7) is 0. The Kier molecular flexibility index (Phi) is 2.37. The first-order chi connectivity index (χ1) is 8.22. The van der Waals surface area contributed by atoms with E-state index in [2.05, 4.69) is 5.32 Å². The highest BCUT2D eigenvalue weighted by atomic mass is 16.3. The molecule has 0 aliphatic heterocycles. The van der Waals surface area contributed by atoms with Crippen molar-refractivity contribution in [1.29, 1.82) is 0 Å². The number of carbonyl (C=O) groups excluding carboxylic acids is 1. The maximum Gasteiger partial charge on any atom is 0.287 e. The van der Waals surface area contributed by atoms with E-state index in [9.17, 15) is 4.79 Å². The molecule has 3 rings (SSSR count). The molecule has 4 nitrogen and oxygen atoms in total. The van der Waals surface area contributed by atoms with Crippen LogP contribution >= 0.6 is 0 Å². The first-order valence-electron chi connectivity index (χ1n) is 5.77. The predicted octanol–water partition coefficient (Wildman–Crippen LogP) is 1.65. The van der Waals surface area contributed by atoms with E-state index in [1.807, 2.05) is 24.3 Å². The lowest BCUT2D eigenvalue weighted by Gasteiger charge is -2.32. The number of hydrogen-bond donors (Lipinski definition) is 2. The van der Waals surface area contributed by atoms with E-state index in [1.54, 1.807) is 6.07 Å². The number of rotatable bonds is 2. The zero-order chi connectivity index (χ0) is 11.8. The van der Waals surface area contributed by atoms with Crippen molar-refractivity contribution < 1.29 is 9.21 Å². The summed E-state index contributed by atoms with van der Waals surface area (Å²) in [6.07, 6.45) is 1.71. The SMILES string of the molecule is NC1CC(NC(=O)c2cc3ccccc3o2)C1. The van der Waals surface area contributed by atoms with Crippen LogP contribution in [-0.4, -0.2) is 18.0 Å². The lowest BCUT2D eigenvalue weighted by atomic mass is 9.87. The van der Waals surface area contributed by atoms with Gasteiger partial charge in [0.1, 0.15) is 5.58 Å². The maximum atomic E-state index is 11.9. The molecule has 88 valence electrons. The van der Waals surface area contributed by atoms with Gasteiger partial charge in [0.25, 0.3) is 5.91 Å². The normalized spacial score (nSPS) is 23.4. The summed E-state index contributed by atoms with van der Waals surface area (Å²) in [7, 11) is 0. The summed E-state index contributed by atoms with van der Waals surface area (Å²) in [5, 5.41) is 3.86.